The third-order valence-electron chi connectivity index (χ3n) is 13.4. The Hall–Kier alpha value is -0.870. The molecule has 4 heteroatoms. The number of aliphatic hydroxyl groups is 2. The van der Waals surface area contributed by atoms with Crippen molar-refractivity contribution in [2.24, 2.45) is 56.7 Å². The molecule has 4 fully saturated rings. The van der Waals surface area contributed by atoms with Crippen molar-refractivity contribution in [3.63, 3.8) is 0 Å². The predicted molar refractivity (Wildman–Crippen MR) is 134 cm³/mol. The first-order chi connectivity index (χ1) is 15.8. The molecule has 10 atom stereocenters. The number of allylic oxidation sites excluding steroid dienone is 2. The summed E-state index contributed by atoms with van der Waals surface area (Å²) >= 11 is 0. The number of hydrogen-bond acceptors (Lipinski definition) is 3. The second-order valence-electron chi connectivity index (χ2n) is 14.4. The Bertz CT molecular complexity index is 892. The number of hydrogen-bond donors (Lipinski definition) is 3. The normalized spacial score (nSPS) is 54.1. The molecule has 34 heavy (non-hydrogen) atoms. The fourth-order valence-electron chi connectivity index (χ4n) is 11.0. The van der Waals surface area contributed by atoms with Crippen LogP contribution in [0, 0.1) is 56.7 Å². The van der Waals surface area contributed by atoms with Crippen LogP contribution in [0.5, 0.6) is 0 Å². The van der Waals surface area contributed by atoms with Crippen LogP contribution < -0.4 is 0 Å². The summed E-state index contributed by atoms with van der Waals surface area (Å²) in [5, 5.41) is 31.5. The van der Waals surface area contributed by atoms with Crippen LogP contribution in [0.3, 0.4) is 0 Å². The second kappa shape index (κ2) is 7.57. The molecule has 3 unspecified atom stereocenters. The Morgan fingerprint density at radius 3 is 2.32 bits per heavy atom. The molecule has 5 aliphatic rings. The van der Waals surface area contributed by atoms with Crippen LogP contribution in [0.4, 0.5) is 0 Å². The average Bonchev–Trinajstić information content (AvgIpc) is 2.77. The van der Waals surface area contributed by atoms with Gasteiger partial charge in [0.05, 0.1) is 11.5 Å². The van der Waals surface area contributed by atoms with E-state index >= 15 is 0 Å². The van der Waals surface area contributed by atoms with Crippen LogP contribution in [-0.2, 0) is 4.79 Å². The highest BCUT2D eigenvalue weighted by Gasteiger charge is 2.69. The average molecular weight is 473 g/mol. The molecule has 3 N–H and O–H groups in total. The van der Waals surface area contributed by atoms with Gasteiger partial charge in [-0.3, -0.25) is 4.79 Å². The molecule has 0 aromatic heterocycles. The van der Waals surface area contributed by atoms with E-state index in [2.05, 4.69) is 47.6 Å². The van der Waals surface area contributed by atoms with Crippen molar-refractivity contribution < 1.29 is 20.1 Å². The lowest BCUT2D eigenvalue weighted by molar-refractivity contribution is -0.207. The lowest BCUT2D eigenvalue weighted by Crippen LogP contribution is -2.65. The van der Waals surface area contributed by atoms with Gasteiger partial charge in [0.15, 0.2) is 0 Å². The summed E-state index contributed by atoms with van der Waals surface area (Å²) < 4.78 is 0. The third kappa shape index (κ3) is 2.82. The van der Waals surface area contributed by atoms with Crippen molar-refractivity contribution in [1.82, 2.24) is 0 Å². The minimum atomic E-state index is -0.669. The fraction of sp³-hybridized carbons (Fsp3) is 0.900. The molecule has 0 bridgehead atoms. The van der Waals surface area contributed by atoms with E-state index in [1.807, 2.05) is 0 Å². The molecule has 0 aromatic carbocycles. The molecule has 0 amide bonds. The molecule has 0 spiro atoms. The SMILES string of the molecule is CC1C(CO)CC[C@]2(C(=O)O)CC[C@]3(C)C(=CC[C@H]4[C@@]5(C)CCC(O)C(C)(C)[C@H]5CC[C@]43C)[C@@H]12. The van der Waals surface area contributed by atoms with Crippen LogP contribution >= 0.6 is 0 Å². The topological polar surface area (TPSA) is 77.8 Å². The molecule has 0 heterocycles. The van der Waals surface area contributed by atoms with Crippen molar-refractivity contribution in [1.29, 1.82) is 0 Å². The first kappa shape index (κ1) is 24.8. The van der Waals surface area contributed by atoms with E-state index in [-0.39, 0.29) is 52.1 Å². The van der Waals surface area contributed by atoms with Crippen molar-refractivity contribution >= 4 is 5.97 Å². The molecule has 5 aliphatic carbocycles. The van der Waals surface area contributed by atoms with E-state index in [9.17, 15) is 20.1 Å². The van der Waals surface area contributed by atoms with E-state index < -0.39 is 11.4 Å². The number of carboxylic acids is 1. The maximum atomic E-state index is 12.8. The van der Waals surface area contributed by atoms with Crippen molar-refractivity contribution in [2.45, 2.75) is 105 Å². The first-order valence-electron chi connectivity index (χ1n) is 14.0. The Kier molecular flexibility index (Phi) is 5.52. The number of aliphatic carboxylic acids is 1. The molecule has 4 nitrogen and oxygen atoms in total. The summed E-state index contributed by atoms with van der Waals surface area (Å²) in [6.07, 6.45) is 10.8. The molecular formula is C30H48O4. The van der Waals surface area contributed by atoms with Gasteiger partial charge in [-0.15, -0.1) is 0 Å². The number of rotatable bonds is 2. The molecule has 0 radical (unpaired) electrons. The van der Waals surface area contributed by atoms with Gasteiger partial charge < -0.3 is 15.3 Å². The van der Waals surface area contributed by atoms with Crippen LogP contribution in [0.25, 0.3) is 0 Å². The molecule has 0 aromatic rings. The highest BCUT2D eigenvalue weighted by molar-refractivity contribution is 5.76. The van der Waals surface area contributed by atoms with E-state index in [1.54, 1.807) is 0 Å². The maximum absolute atomic E-state index is 12.8. The van der Waals surface area contributed by atoms with Gasteiger partial charge in [-0.05, 0) is 109 Å². The van der Waals surface area contributed by atoms with E-state index in [1.165, 1.54) is 5.57 Å². The largest absolute Gasteiger partial charge is 0.481 e. The van der Waals surface area contributed by atoms with Gasteiger partial charge in [0.2, 0.25) is 0 Å². The van der Waals surface area contributed by atoms with Gasteiger partial charge in [0.25, 0.3) is 0 Å². The van der Waals surface area contributed by atoms with Crippen molar-refractivity contribution in [3.05, 3.63) is 11.6 Å². The maximum Gasteiger partial charge on any atom is 0.310 e. The molecule has 5 rings (SSSR count). The lowest BCUT2D eigenvalue weighted by Gasteiger charge is -2.71. The van der Waals surface area contributed by atoms with Gasteiger partial charge in [-0.1, -0.05) is 53.2 Å². The molecular weight excluding hydrogens is 424 g/mol. The van der Waals surface area contributed by atoms with Gasteiger partial charge in [-0.2, -0.15) is 0 Å². The van der Waals surface area contributed by atoms with Gasteiger partial charge in [0, 0.05) is 6.61 Å². The monoisotopic (exact) mass is 472 g/mol. The van der Waals surface area contributed by atoms with E-state index in [0.717, 1.165) is 51.4 Å². The zero-order valence-electron chi connectivity index (χ0n) is 22.4. The van der Waals surface area contributed by atoms with Crippen molar-refractivity contribution in [2.75, 3.05) is 6.61 Å². The quantitative estimate of drug-likeness (QED) is 0.427. The summed E-state index contributed by atoms with van der Waals surface area (Å²) in [5.74, 6) is 0.882. The Balaban J connectivity index is 1.61. The summed E-state index contributed by atoms with van der Waals surface area (Å²) in [7, 11) is 0. The highest BCUT2D eigenvalue weighted by atomic mass is 16.4. The Morgan fingerprint density at radius 2 is 1.68 bits per heavy atom. The minimum absolute atomic E-state index is 0.000670. The Morgan fingerprint density at radius 1 is 0.971 bits per heavy atom. The minimum Gasteiger partial charge on any atom is -0.481 e. The second-order valence-corrected chi connectivity index (χ2v) is 14.4. The van der Waals surface area contributed by atoms with Crippen LogP contribution in [-0.4, -0.2) is 34.0 Å². The third-order valence-corrected chi connectivity index (χ3v) is 13.4. The summed E-state index contributed by atoms with van der Waals surface area (Å²) in [5.41, 5.74) is 1.03. The van der Waals surface area contributed by atoms with E-state index in [0.29, 0.717) is 18.3 Å². The first-order valence-corrected chi connectivity index (χ1v) is 14.0. The van der Waals surface area contributed by atoms with Gasteiger partial charge >= 0.3 is 5.97 Å². The smallest absolute Gasteiger partial charge is 0.310 e. The number of carboxylic acid groups (broad SMARTS) is 1. The van der Waals surface area contributed by atoms with Crippen LogP contribution in [0.15, 0.2) is 11.6 Å². The van der Waals surface area contributed by atoms with Gasteiger partial charge in [-0.25, -0.2) is 0 Å². The molecule has 192 valence electrons. The van der Waals surface area contributed by atoms with Crippen LogP contribution in [0.2, 0.25) is 0 Å². The molecule has 0 saturated heterocycles. The predicted octanol–water partition coefficient (Wildman–Crippen LogP) is 6.06. The zero-order valence-corrected chi connectivity index (χ0v) is 22.4. The standard InChI is InChI=1S/C30H48O4/c1-18-19(17-31)9-14-30(25(33)34)16-15-28(5)20(24(18)30)7-8-22-27(4)12-11-23(32)26(2,3)21(27)10-13-29(22,28)6/h7,18-19,21-24,31-32H,8-17H2,1-6H3,(H,33,34)/t18?,19?,21-,22+,23?,24-,27+,28-,29-,30+/m1/s1. The number of carbonyl (C=O) groups is 1. The molecule has 4 saturated carbocycles. The lowest BCUT2D eigenvalue weighted by atomic mass is 9.33. The van der Waals surface area contributed by atoms with Crippen LogP contribution in [0.1, 0.15) is 99.3 Å². The number of fused-ring (bicyclic) bond motifs is 7. The number of aliphatic hydroxyl groups excluding tert-OH is 2. The van der Waals surface area contributed by atoms with Crippen molar-refractivity contribution in [3.8, 4) is 0 Å². The zero-order chi connectivity index (χ0) is 24.9. The fourth-order valence-corrected chi connectivity index (χ4v) is 11.0. The summed E-state index contributed by atoms with van der Waals surface area (Å²) in [6, 6.07) is 0. The molecule has 0 aliphatic heterocycles. The summed E-state index contributed by atoms with van der Waals surface area (Å²) in [4.78, 5) is 12.8. The van der Waals surface area contributed by atoms with Gasteiger partial charge in [0.1, 0.15) is 0 Å². The van der Waals surface area contributed by atoms with E-state index in [4.69, 9.17) is 0 Å². The highest BCUT2D eigenvalue weighted by Crippen LogP contribution is 2.75. The summed E-state index contributed by atoms with van der Waals surface area (Å²) in [6.45, 7) is 14.5. The Labute approximate surface area is 206 Å².